The van der Waals surface area contributed by atoms with Crippen molar-refractivity contribution in [3.05, 3.63) is 0 Å². The van der Waals surface area contributed by atoms with Gasteiger partial charge in [0.25, 0.3) is 0 Å². The molecule has 0 saturated heterocycles. The summed E-state index contributed by atoms with van der Waals surface area (Å²) >= 11 is 0. The lowest BCUT2D eigenvalue weighted by molar-refractivity contribution is 0.433. The molecule has 0 rings (SSSR count). The molecule has 0 aromatic carbocycles. The van der Waals surface area contributed by atoms with Gasteiger partial charge in [-0.3, -0.25) is 0 Å². The van der Waals surface area contributed by atoms with Gasteiger partial charge in [0, 0.05) is 19.6 Å². The fourth-order valence-electron chi connectivity index (χ4n) is 0.686. The van der Waals surface area contributed by atoms with Crippen molar-refractivity contribution in [3.8, 4) is 0 Å². The van der Waals surface area contributed by atoms with Crippen LogP contribution in [0.5, 0.6) is 0 Å². The first-order valence-corrected chi connectivity index (χ1v) is 5.81. The van der Waals surface area contributed by atoms with Gasteiger partial charge >= 0.3 is 0 Å². The highest BCUT2D eigenvalue weighted by atomic mass is 32.2. The average molecular weight is 194 g/mol. The minimum atomic E-state index is -3.00. The molecule has 12 heavy (non-hydrogen) atoms. The van der Waals surface area contributed by atoms with E-state index in [0.29, 0.717) is 12.6 Å². The predicted molar refractivity (Wildman–Crippen MR) is 50.6 cm³/mol. The maximum Gasteiger partial charge on any atom is 0.210 e. The Labute approximate surface area is 75.0 Å². The molecule has 0 saturated carbocycles. The molecule has 0 fully saturated rings. The average Bonchev–Trinajstić information content (AvgIpc) is 1.97. The standard InChI is InChI=1S/C7H18N2O2S/c1-7(8-2)5-6-9(3)12(4,10)11/h7-8H,5-6H2,1-4H3. The minimum absolute atomic E-state index is 0.356. The van der Waals surface area contributed by atoms with Crippen molar-refractivity contribution >= 4 is 10.0 Å². The maximum absolute atomic E-state index is 10.9. The minimum Gasteiger partial charge on any atom is -0.317 e. The molecule has 0 aliphatic carbocycles. The van der Waals surface area contributed by atoms with Gasteiger partial charge in [-0.05, 0) is 20.4 Å². The molecule has 1 N–H and O–H groups in total. The third-order valence-electron chi connectivity index (χ3n) is 1.94. The van der Waals surface area contributed by atoms with E-state index in [0.717, 1.165) is 6.42 Å². The van der Waals surface area contributed by atoms with Gasteiger partial charge < -0.3 is 5.32 Å². The lowest BCUT2D eigenvalue weighted by Gasteiger charge is -2.16. The molecule has 4 nitrogen and oxygen atoms in total. The monoisotopic (exact) mass is 194 g/mol. The van der Waals surface area contributed by atoms with Gasteiger partial charge in [0.2, 0.25) is 10.0 Å². The van der Waals surface area contributed by atoms with E-state index in [1.165, 1.54) is 10.6 Å². The van der Waals surface area contributed by atoms with E-state index < -0.39 is 10.0 Å². The van der Waals surface area contributed by atoms with Crippen LogP contribution in [0, 0.1) is 0 Å². The molecule has 0 heterocycles. The van der Waals surface area contributed by atoms with Crippen LogP contribution in [0.4, 0.5) is 0 Å². The van der Waals surface area contributed by atoms with Crippen molar-refractivity contribution in [2.24, 2.45) is 0 Å². The second-order valence-corrected chi connectivity index (χ2v) is 5.15. The third kappa shape index (κ3) is 4.69. The Morgan fingerprint density at radius 2 is 2.00 bits per heavy atom. The molecule has 0 aliphatic heterocycles. The summed E-state index contributed by atoms with van der Waals surface area (Å²) in [6.45, 7) is 2.59. The van der Waals surface area contributed by atoms with Gasteiger partial charge in [-0.2, -0.15) is 0 Å². The smallest absolute Gasteiger partial charge is 0.210 e. The lowest BCUT2D eigenvalue weighted by atomic mass is 10.2. The third-order valence-corrected chi connectivity index (χ3v) is 3.25. The number of hydrogen-bond acceptors (Lipinski definition) is 3. The molecular formula is C7H18N2O2S. The molecule has 0 spiro atoms. The Morgan fingerprint density at radius 1 is 1.50 bits per heavy atom. The largest absolute Gasteiger partial charge is 0.317 e. The maximum atomic E-state index is 10.9. The summed E-state index contributed by atoms with van der Waals surface area (Å²) in [6, 6.07) is 0.356. The summed E-state index contributed by atoms with van der Waals surface area (Å²) in [7, 11) is 0.460. The van der Waals surface area contributed by atoms with Gasteiger partial charge in [-0.25, -0.2) is 12.7 Å². The van der Waals surface area contributed by atoms with E-state index >= 15 is 0 Å². The summed E-state index contributed by atoms with van der Waals surface area (Å²) in [4.78, 5) is 0. The first-order chi connectivity index (χ1) is 5.38. The van der Waals surface area contributed by atoms with E-state index in [1.807, 2.05) is 14.0 Å². The number of nitrogens with one attached hydrogen (secondary N) is 1. The van der Waals surface area contributed by atoms with Crippen LogP contribution in [0.2, 0.25) is 0 Å². The van der Waals surface area contributed by atoms with E-state index in [-0.39, 0.29) is 0 Å². The summed E-state index contributed by atoms with van der Waals surface area (Å²) < 4.78 is 23.2. The van der Waals surface area contributed by atoms with Crippen LogP contribution in [0.3, 0.4) is 0 Å². The van der Waals surface area contributed by atoms with Crippen molar-refractivity contribution in [2.45, 2.75) is 19.4 Å². The highest BCUT2D eigenvalue weighted by Crippen LogP contribution is 1.97. The molecule has 1 unspecified atom stereocenters. The molecule has 1 atom stereocenters. The second kappa shape index (κ2) is 4.79. The highest BCUT2D eigenvalue weighted by molar-refractivity contribution is 7.88. The summed E-state index contributed by atoms with van der Waals surface area (Å²) in [5, 5.41) is 3.05. The first-order valence-electron chi connectivity index (χ1n) is 3.96. The van der Waals surface area contributed by atoms with Crippen LogP contribution >= 0.6 is 0 Å². The number of rotatable bonds is 5. The molecular weight excluding hydrogens is 176 g/mol. The van der Waals surface area contributed by atoms with Crippen LogP contribution in [-0.2, 0) is 10.0 Å². The van der Waals surface area contributed by atoms with Crippen molar-refractivity contribution < 1.29 is 8.42 Å². The Hall–Kier alpha value is -0.130. The zero-order valence-electron chi connectivity index (χ0n) is 8.16. The van der Waals surface area contributed by atoms with E-state index in [1.54, 1.807) is 7.05 Å². The van der Waals surface area contributed by atoms with E-state index in [9.17, 15) is 8.42 Å². The van der Waals surface area contributed by atoms with Gasteiger partial charge in [0.15, 0.2) is 0 Å². The van der Waals surface area contributed by atoms with Crippen molar-refractivity contribution in [1.82, 2.24) is 9.62 Å². The van der Waals surface area contributed by atoms with E-state index in [2.05, 4.69) is 5.32 Å². The van der Waals surface area contributed by atoms with Crippen LogP contribution < -0.4 is 5.32 Å². The van der Waals surface area contributed by atoms with Crippen molar-refractivity contribution in [3.63, 3.8) is 0 Å². The van der Waals surface area contributed by atoms with Crippen LogP contribution in [0.1, 0.15) is 13.3 Å². The molecule has 0 radical (unpaired) electrons. The van der Waals surface area contributed by atoms with Crippen LogP contribution in [0.15, 0.2) is 0 Å². The molecule has 0 amide bonds. The van der Waals surface area contributed by atoms with Gasteiger partial charge in [0.1, 0.15) is 0 Å². The molecule has 0 aromatic rings. The molecule has 5 heteroatoms. The van der Waals surface area contributed by atoms with Gasteiger partial charge in [0.05, 0.1) is 6.26 Å². The first kappa shape index (κ1) is 11.9. The van der Waals surface area contributed by atoms with Gasteiger partial charge in [-0.15, -0.1) is 0 Å². The number of hydrogen-bond donors (Lipinski definition) is 1. The van der Waals surface area contributed by atoms with Crippen LogP contribution in [-0.4, -0.2) is 45.7 Å². The molecule has 0 aromatic heterocycles. The Kier molecular flexibility index (Phi) is 4.74. The normalized spacial score (nSPS) is 15.1. The Bertz CT molecular complexity index is 213. The zero-order chi connectivity index (χ0) is 9.78. The van der Waals surface area contributed by atoms with Gasteiger partial charge in [-0.1, -0.05) is 0 Å². The lowest BCUT2D eigenvalue weighted by Crippen LogP contribution is -2.31. The topological polar surface area (TPSA) is 49.4 Å². The summed E-state index contributed by atoms with van der Waals surface area (Å²) in [5.74, 6) is 0. The summed E-state index contributed by atoms with van der Waals surface area (Å²) in [5.41, 5.74) is 0. The van der Waals surface area contributed by atoms with E-state index in [4.69, 9.17) is 0 Å². The quantitative estimate of drug-likeness (QED) is 0.663. The van der Waals surface area contributed by atoms with Crippen LogP contribution in [0.25, 0.3) is 0 Å². The van der Waals surface area contributed by atoms with Crippen molar-refractivity contribution in [2.75, 3.05) is 26.9 Å². The summed E-state index contributed by atoms with van der Waals surface area (Å²) in [6.07, 6.45) is 2.05. The fourth-order valence-corrected chi connectivity index (χ4v) is 1.12. The Morgan fingerprint density at radius 3 is 2.33 bits per heavy atom. The molecule has 74 valence electrons. The predicted octanol–water partition coefficient (Wildman–Crippen LogP) is -0.124. The Balaban J connectivity index is 3.80. The zero-order valence-corrected chi connectivity index (χ0v) is 8.98. The number of sulfonamides is 1. The number of nitrogens with zero attached hydrogens (tertiary/aromatic N) is 1. The molecule has 0 bridgehead atoms. The van der Waals surface area contributed by atoms with Crippen molar-refractivity contribution in [1.29, 1.82) is 0 Å². The molecule has 0 aliphatic rings. The SMILES string of the molecule is CNC(C)CCN(C)S(C)(=O)=O. The highest BCUT2D eigenvalue weighted by Gasteiger charge is 2.10. The second-order valence-electron chi connectivity index (χ2n) is 3.06. The fraction of sp³-hybridized carbons (Fsp3) is 1.00.